The lowest BCUT2D eigenvalue weighted by Crippen LogP contribution is -2.32. The van der Waals surface area contributed by atoms with Gasteiger partial charge >= 0.3 is 6.18 Å². The van der Waals surface area contributed by atoms with Crippen molar-refractivity contribution in [3.63, 3.8) is 0 Å². The number of H-pyrrole nitrogens is 1. The first kappa shape index (κ1) is 16.5. The van der Waals surface area contributed by atoms with Gasteiger partial charge in [0, 0.05) is 25.5 Å². The number of hydrogen-bond acceptors (Lipinski definition) is 4. The Balaban J connectivity index is 1.81. The first-order valence-electron chi connectivity index (χ1n) is 6.61. The normalized spacial score (nSPS) is 11.1. The van der Waals surface area contributed by atoms with Gasteiger partial charge in [-0.25, -0.2) is 4.98 Å². The van der Waals surface area contributed by atoms with Gasteiger partial charge in [0.05, 0.1) is 5.56 Å². The molecule has 0 aliphatic heterocycles. The third-order valence-corrected chi connectivity index (χ3v) is 2.87. The van der Waals surface area contributed by atoms with Crippen molar-refractivity contribution >= 4 is 11.7 Å². The van der Waals surface area contributed by atoms with E-state index in [-0.39, 0.29) is 24.5 Å². The molecule has 0 spiro atoms. The number of aromatic amines is 1. The van der Waals surface area contributed by atoms with Gasteiger partial charge in [0.15, 0.2) is 0 Å². The molecular formula is C14H13F3N4O2. The van der Waals surface area contributed by atoms with E-state index in [1.807, 2.05) is 0 Å². The predicted molar refractivity (Wildman–Crippen MR) is 77.1 cm³/mol. The van der Waals surface area contributed by atoms with Crippen LogP contribution in [0.25, 0.3) is 0 Å². The number of amides is 1. The van der Waals surface area contributed by atoms with E-state index in [0.717, 1.165) is 12.3 Å². The van der Waals surface area contributed by atoms with Crippen LogP contribution in [-0.2, 0) is 6.18 Å². The van der Waals surface area contributed by atoms with Gasteiger partial charge in [-0.3, -0.25) is 9.59 Å². The van der Waals surface area contributed by atoms with E-state index in [4.69, 9.17) is 0 Å². The summed E-state index contributed by atoms with van der Waals surface area (Å²) in [5, 5.41) is 5.28. The standard InChI is InChI=1S/C14H13F3N4O2/c15-14(16,17)9-3-4-11(21-8-9)18-6-7-20-13(23)10-2-1-5-19-12(10)22/h1-5,8H,6-7H2,(H,18,21)(H,19,22)(H,20,23). The SMILES string of the molecule is O=C(NCCNc1ccc(C(F)(F)F)cn1)c1ccc[nH]c1=O. The number of hydrogen-bond donors (Lipinski definition) is 3. The summed E-state index contributed by atoms with van der Waals surface area (Å²) in [7, 11) is 0. The molecule has 3 N–H and O–H groups in total. The van der Waals surface area contributed by atoms with E-state index in [2.05, 4.69) is 20.6 Å². The highest BCUT2D eigenvalue weighted by Gasteiger charge is 2.30. The van der Waals surface area contributed by atoms with Crippen molar-refractivity contribution in [2.45, 2.75) is 6.18 Å². The van der Waals surface area contributed by atoms with Gasteiger partial charge in [-0.2, -0.15) is 13.2 Å². The second kappa shape index (κ2) is 6.95. The van der Waals surface area contributed by atoms with Crippen LogP contribution in [-0.4, -0.2) is 29.0 Å². The number of carbonyl (C=O) groups excluding carboxylic acids is 1. The van der Waals surface area contributed by atoms with Crippen molar-refractivity contribution in [1.29, 1.82) is 0 Å². The summed E-state index contributed by atoms with van der Waals surface area (Å²) in [6.45, 7) is 0.421. The fourth-order valence-electron chi connectivity index (χ4n) is 1.73. The molecule has 0 saturated carbocycles. The van der Waals surface area contributed by atoms with Gasteiger partial charge < -0.3 is 15.6 Å². The van der Waals surface area contributed by atoms with Crippen LogP contribution in [0.3, 0.4) is 0 Å². The lowest BCUT2D eigenvalue weighted by Gasteiger charge is -2.09. The third kappa shape index (κ3) is 4.56. The number of carbonyl (C=O) groups is 1. The molecule has 2 aromatic heterocycles. The van der Waals surface area contributed by atoms with E-state index in [1.54, 1.807) is 0 Å². The van der Waals surface area contributed by atoms with Crippen LogP contribution < -0.4 is 16.2 Å². The summed E-state index contributed by atoms with van der Waals surface area (Å²) in [5.41, 5.74) is -1.35. The molecule has 2 heterocycles. The molecule has 1 amide bonds. The lowest BCUT2D eigenvalue weighted by atomic mass is 10.2. The fraction of sp³-hybridized carbons (Fsp3) is 0.214. The maximum atomic E-state index is 12.4. The Morgan fingerprint density at radius 3 is 2.61 bits per heavy atom. The zero-order valence-corrected chi connectivity index (χ0v) is 11.8. The number of nitrogens with zero attached hydrogens (tertiary/aromatic N) is 1. The molecule has 0 saturated heterocycles. The Labute approximate surface area is 128 Å². The minimum atomic E-state index is -4.43. The first-order chi connectivity index (χ1) is 10.9. The molecular weight excluding hydrogens is 313 g/mol. The number of halogens is 3. The van der Waals surface area contributed by atoms with Gasteiger partial charge in [-0.1, -0.05) is 0 Å². The maximum absolute atomic E-state index is 12.4. The highest BCUT2D eigenvalue weighted by Crippen LogP contribution is 2.28. The molecule has 2 rings (SSSR count). The molecule has 0 aliphatic rings. The number of anilines is 1. The molecule has 23 heavy (non-hydrogen) atoms. The highest BCUT2D eigenvalue weighted by atomic mass is 19.4. The first-order valence-corrected chi connectivity index (χ1v) is 6.61. The summed E-state index contributed by atoms with van der Waals surface area (Å²) < 4.78 is 37.1. The smallest absolute Gasteiger partial charge is 0.368 e. The fourth-order valence-corrected chi connectivity index (χ4v) is 1.73. The van der Waals surface area contributed by atoms with Crippen LogP contribution in [0.4, 0.5) is 19.0 Å². The molecule has 6 nitrogen and oxygen atoms in total. The van der Waals surface area contributed by atoms with Gasteiger partial charge in [0.25, 0.3) is 11.5 Å². The van der Waals surface area contributed by atoms with Crippen molar-refractivity contribution in [1.82, 2.24) is 15.3 Å². The second-order valence-corrected chi connectivity index (χ2v) is 4.53. The summed E-state index contributed by atoms with van der Waals surface area (Å²) in [5.74, 6) is -0.279. The molecule has 2 aromatic rings. The zero-order chi connectivity index (χ0) is 16.9. The zero-order valence-electron chi connectivity index (χ0n) is 11.8. The average molecular weight is 326 g/mol. The number of nitrogens with one attached hydrogen (secondary N) is 3. The molecule has 0 radical (unpaired) electrons. The van der Waals surface area contributed by atoms with E-state index < -0.39 is 23.2 Å². The molecule has 0 bridgehead atoms. The number of rotatable bonds is 5. The monoisotopic (exact) mass is 326 g/mol. The van der Waals surface area contributed by atoms with E-state index in [1.165, 1.54) is 24.4 Å². The van der Waals surface area contributed by atoms with Crippen LogP contribution in [0.1, 0.15) is 15.9 Å². The van der Waals surface area contributed by atoms with Crippen molar-refractivity contribution < 1.29 is 18.0 Å². The lowest BCUT2D eigenvalue weighted by molar-refractivity contribution is -0.137. The van der Waals surface area contributed by atoms with Gasteiger partial charge in [-0.15, -0.1) is 0 Å². The molecule has 0 fully saturated rings. The number of alkyl halides is 3. The maximum Gasteiger partial charge on any atom is 0.417 e. The summed E-state index contributed by atoms with van der Waals surface area (Å²) >= 11 is 0. The van der Waals surface area contributed by atoms with E-state index >= 15 is 0 Å². The summed E-state index contributed by atoms with van der Waals surface area (Å²) in [4.78, 5) is 29.1. The Hall–Kier alpha value is -2.84. The van der Waals surface area contributed by atoms with E-state index in [0.29, 0.717) is 0 Å². The Morgan fingerprint density at radius 1 is 1.22 bits per heavy atom. The van der Waals surface area contributed by atoms with Crippen LogP contribution in [0, 0.1) is 0 Å². The number of aromatic nitrogens is 2. The quantitative estimate of drug-likeness (QED) is 0.729. The second-order valence-electron chi connectivity index (χ2n) is 4.53. The number of pyridine rings is 2. The van der Waals surface area contributed by atoms with Crippen LogP contribution >= 0.6 is 0 Å². The molecule has 0 atom stereocenters. The van der Waals surface area contributed by atoms with Crippen LogP contribution in [0.15, 0.2) is 41.5 Å². The van der Waals surface area contributed by atoms with Crippen LogP contribution in [0.5, 0.6) is 0 Å². The van der Waals surface area contributed by atoms with Crippen molar-refractivity contribution in [2.24, 2.45) is 0 Å². The molecule has 0 unspecified atom stereocenters. The third-order valence-electron chi connectivity index (χ3n) is 2.87. The summed E-state index contributed by atoms with van der Waals surface area (Å²) in [6, 6.07) is 5.03. The van der Waals surface area contributed by atoms with Crippen molar-refractivity contribution in [3.05, 3.63) is 58.1 Å². The van der Waals surface area contributed by atoms with Crippen molar-refractivity contribution in [3.8, 4) is 0 Å². The van der Waals surface area contributed by atoms with Gasteiger partial charge in [-0.05, 0) is 24.3 Å². The van der Waals surface area contributed by atoms with Crippen LogP contribution in [0.2, 0.25) is 0 Å². The molecule has 0 aromatic carbocycles. The predicted octanol–water partition coefficient (Wildman–Crippen LogP) is 1.63. The minimum Gasteiger partial charge on any atom is -0.368 e. The van der Waals surface area contributed by atoms with Crippen molar-refractivity contribution in [2.75, 3.05) is 18.4 Å². The van der Waals surface area contributed by atoms with Gasteiger partial charge in [0.1, 0.15) is 11.4 Å². The summed E-state index contributed by atoms with van der Waals surface area (Å²) in [6.07, 6.45) is -2.29. The molecule has 0 aliphatic carbocycles. The Morgan fingerprint density at radius 2 is 2.00 bits per heavy atom. The van der Waals surface area contributed by atoms with Gasteiger partial charge in [0.2, 0.25) is 0 Å². The molecule has 9 heteroatoms. The largest absolute Gasteiger partial charge is 0.417 e. The Bertz CT molecular complexity index is 726. The highest BCUT2D eigenvalue weighted by molar-refractivity contribution is 5.93. The molecule has 122 valence electrons. The topological polar surface area (TPSA) is 86.9 Å². The average Bonchev–Trinajstić information content (AvgIpc) is 2.51. The Kier molecular flexibility index (Phi) is 4.99. The minimum absolute atomic E-state index is 0.0137. The van der Waals surface area contributed by atoms with E-state index in [9.17, 15) is 22.8 Å².